The van der Waals surface area contributed by atoms with Gasteiger partial charge in [-0.2, -0.15) is 15.0 Å². The molecule has 7 nitrogen and oxygen atoms in total. The van der Waals surface area contributed by atoms with Crippen molar-refractivity contribution >= 4 is 40.8 Å². The third-order valence-corrected chi connectivity index (χ3v) is 4.28. The molecule has 28 heavy (non-hydrogen) atoms. The van der Waals surface area contributed by atoms with Gasteiger partial charge in [0.05, 0.1) is 19.3 Å². The van der Waals surface area contributed by atoms with Gasteiger partial charge in [-0.25, -0.2) is 0 Å². The Bertz CT molecular complexity index is 949. The Balaban J connectivity index is 1.73. The van der Waals surface area contributed by atoms with Crippen LogP contribution in [-0.2, 0) is 13.1 Å². The second-order valence-electron chi connectivity index (χ2n) is 6.21. The lowest BCUT2D eigenvalue weighted by atomic mass is 10.2. The molecule has 0 aliphatic heterocycles. The number of aromatic nitrogens is 3. The van der Waals surface area contributed by atoms with Crippen LogP contribution in [-0.4, -0.2) is 34.0 Å². The predicted molar refractivity (Wildman–Crippen MR) is 112 cm³/mol. The van der Waals surface area contributed by atoms with Gasteiger partial charge < -0.3 is 15.8 Å². The number of anilines is 3. The van der Waals surface area contributed by atoms with Crippen molar-refractivity contribution in [3.8, 4) is 5.75 Å². The normalized spacial score (nSPS) is 10.9. The number of nitrogens with two attached hydrogens (primary N) is 1. The van der Waals surface area contributed by atoms with Crippen molar-refractivity contribution in [1.29, 1.82) is 0 Å². The molecule has 0 fully saturated rings. The van der Waals surface area contributed by atoms with Crippen molar-refractivity contribution in [3.63, 3.8) is 0 Å². The quantitative estimate of drug-likeness (QED) is 0.595. The number of methoxy groups -OCH3 is 1. The summed E-state index contributed by atoms with van der Waals surface area (Å²) in [7, 11) is 3.55. The van der Waals surface area contributed by atoms with Crippen molar-refractivity contribution in [3.05, 3.63) is 63.9 Å². The molecule has 3 aromatic rings. The van der Waals surface area contributed by atoms with Crippen LogP contribution in [0.5, 0.6) is 5.75 Å². The summed E-state index contributed by atoms with van der Waals surface area (Å²) in [4.78, 5) is 14.9. The third kappa shape index (κ3) is 5.45. The van der Waals surface area contributed by atoms with E-state index in [1.807, 2.05) is 48.3 Å². The number of para-hydroxylation sites is 2. The molecule has 0 unspecified atom stereocenters. The summed E-state index contributed by atoms with van der Waals surface area (Å²) in [6.45, 7) is 1.10. The Hall–Kier alpha value is -2.61. The van der Waals surface area contributed by atoms with E-state index >= 15 is 0 Å². The molecule has 1 aromatic heterocycles. The molecule has 0 saturated carbocycles. The van der Waals surface area contributed by atoms with Crippen LogP contribution in [0, 0.1) is 0 Å². The fourth-order valence-corrected chi connectivity index (χ4v) is 3.32. The number of halogens is 2. The Morgan fingerprint density at radius 1 is 1.04 bits per heavy atom. The summed E-state index contributed by atoms with van der Waals surface area (Å²) in [5.74, 6) is 1.71. The Morgan fingerprint density at radius 2 is 1.75 bits per heavy atom. The zero-order valence-electron chi connectivity index (χ0n) is 15.5. The molecule has 146 valence electrons. The van der Waals surface area contributed by atoms with Gasteiger partial charge in [0.15, 0.2) is 0 Å². The summed E-state index contributed by atoms with van der Waals surface area (Å²) in [6, 6.07) is 12.9. The fraction of sp³-hybridized carbons (Fsp3) is 0.211. The summed E-state index contributed by atoms with van der Waals surface area (Å²) in [5.41, 5.74) is 7.60. The van der Waals surface area contributed by atoms with E-state index in [-0.39, 0.29) is 5.95 Å². The van der Waals surface area contributed by atoms with E-state index in [0.29, 0.717) is 40.7 Å². The summed E-state index contributed by atoms with van der Waals surface area (Å²) in [5, 5.41) is 4.32. The highest BCUT2D eigenvalue weighted by molar-refractivity contribution is 6.34. The zero-order chi connectivity index (χ0) is 20.1. The van der Waals surface area contributed by atoms with E-state index in [1.54, 1.807) is 13.2 Å². The number of nitrogen functional groups attached to an aromatic ring is 1. The van der Waals surface area contributed by atoms with Crippen LogP contribution >= 0.6 is 23.2 Å². The van der Waals surface area contributed by atoms with Crippen molar-refractivity contribution in [2.24, 2.45) is 0 Å². The summed E-state index contributed by atoms with van der Waals surface area (Å²) < 4.78 is 5.33. The first-order valence-corrected chi connectivity index (χ1v) is 9.22. The van der Waals surface area contributed by atoms with Gasteiger partial charge in [-0.1, -0.05) is 35.3 Å². The average Bonchev–Trinajstić information content (AvgIpc) is 2.60. The van der Waals surface area contributed by atoms with Crippen LogP contribution in [0.4, 0.5) is 17.6 Å². The number of nitrogens with zero attached hydrogens (tertiary/aromatic N) is 4. The molecule has 9 heteroatoms. The van der Waals surface area contributed by atoms with Crippen molar-refractivity contribution in [1.82, 2.24) is 19.9 Å². The van der Waals surface area contributed by atoms with Gasteiger partial charge in [-0.05, 0) is 42.9 Å². The van der Waals surface area contributed by atoms with Crippen LogP contribution in [0.2, 0.25) is 10.0 Å². The standard InChI is InChI=1S/C19H20Cl2N6O/c1-27(10-12-7-13(20)9-14(21)8-12)11-17-24-18(22)26-19(25-17)23-15-5-3-4-6-16(15)28-2/h3-9H,10-11H2,1-2H3,(H3,22,23,24,25,26). The number of hydrogen-bond donors (Lipinski definition) is 2. The molecule has 0 radical (unpaired) electrons. The molecule has 0 bridgehead atoms. The minimum absolute atomic E-state index is 0.140. The van der Waals surface area contributed by atoms with Crippen LogP contribution in [0.15, 0.2) is 42.5 Å². The van der Waals surface area contributed by atoms with Gasteiger partial charge in [0.1, 0.15) is 11.6 Å². The second kappa shape index (κ2) is 9.05. The summed E-state index contributed by atoms with van der Waals surface area (Å²) in [6.07, 6.45) is 0. The highest BCUT2D eigenvalue weighted by Crippen LogP contribution is 2.26. The molecule has 0 aliphatic carbocycles. The van der Waals surface area contributed by atoms with Crippen LogP contribution in [0.3, 0.4) is 0 Å². The lowest BCUT2D eigenvalue weighted by Crippen LogP contribution is -2.20. The molecule has 1 heterocycles. The maximum Gasteiger partial charge on any atom is 0.232 e. The van der Waals surface area contributed by atoms with Gasteiger partial charge in [0, 0.05) is 16.6 Å². The average molecular weight is 419 g/mol. The maximum absolute atomic E-state index is 6.07. The van der Waals surface area contributed by atoms with Crippen LogP contribution in [0.1, 0.15) is 11.4 Å². The lowest BCUT2D eigenvalue weighted by molar-refractivity contribution is 0.310. The largest absolute Gasteiger partial charge is 0.495 e. The zero-order valence-corrected chi connectivity index (χ0v) is 17.0. The molecule has 3 rings (SSSR count). The molecule has 0 saturated heterocycles. The highest BCUT2D eigenvalue weighted by atomic mass is 35.5. The molecule has 2 aromatic carbocycles. The molecular weight excluding hydrogens is 399 g/mol. The van der Waals surface area contributed by atoms with Gasteiger partial charge in [0.2, 0.25) is 11.9 Å². The van der Waals surface area contributed by atoms with Crippen molar-refractivity contribution in [2.75, 3.05) is 25.2 Å². The highest BCUT2D eigenvalue weighted by Gasteiger charge is 2.11. The Morgan fingerprint density at radius 3 is 2.46 bits per heavy atom. The van der Waals surface area contributed by atoms with E-state index in [4.69, 9.17) is 33.7 Å². The van der Waals surface area contributed by atoms with Crippen molar-refractivity contribution in [2.45, 2.75) is 13.1 Å². The molecule has 3 N–H and O–H groups in total. The van der Waals surface area contributed by atoms with Gasteiger partial charge in [-0.15, -0.1) is 0 Å². The number of nitrogens with one attached hydrogen (secondary N) is 1. The lowest BCUT2D eigenvalue weighted by Gasteiger charge is -2.17. The number of hydrogen-bond acceptors (Lipinski definition) is 7. The molecule has 0 spiro atoms. The smallest absolute Gasteiger partial charge is 0.232 e. The van der Waals surface area contributed by atoms with E-state index < -0.39 is 0 Å². The van der Waals surface area contributed by atoms with Gasteiger partial charge >= 0.3 is 0 Å². The Kier molecular flexibility index (Phi) is 6.51. The topological polar surface area (TPSA) is 89.2 Å². The first-order valence-electron chi connectivity index (χ1n) is 8.47. The predicted octanol–water partition coefficient (Wildman–Crippen LogP) is 4.14. The molecule has 0 atom stereocenters. The van der Waals surface area contributed by atoms with Crippen molar-refractivity contribution < 1.29 is 4.74 Å². The number of ether oxygens (including phenoxy) is 1. The fourth-order valence-electron chi connectivity index (χ4n) is 2.74. The minimum atomic E-state index is 0.140. The van der Waals surface area contributed by atoms with E-state index in [2.05, 4.69) is 20.3 Å². The first kappa shape index (κ1) is 20.1. The number of benzene rings is 2. The van der Waals surface area contributed by atoms with Gasteiger partial charge in [-0.3, -0.25) is 4.90 Å². The molecule has 0 aliphatic rings. The number of rotatable bonds is 7. The van der Waals surface area contributed by atoms with E-state index in [1.165, 1.54) is 0 Å². The van der Waals surface area contributed by atoms with E-state index in [9.17, 15) is 0 Å². The molecule has 0 amide bonds. The second-order valence-corrected chi connectivity index (χ2v) is 7.08. The van der Waals surface area contributed by atoms with Crippen LogP contribution in [0.25, 0.3) is 0 Å². The summed E-state index contributed by atoms with van der Waals surface area (Å²) >= 11 is 12.1. The van der Waals surface area contributed by atoms with E-state index in [0.717, 1.165) is 11.3 Å². The maximum atomic E-state index is 6.07. The van der Waals surface area contributed by atoms with Crippen LogP contribution < -0.4 is 15.8 Å². The molecular formula is C19H20Cl2N6O. The monoisotopic (exact) mass is 418 g/mol. The minimum Gasteiger partial charge on any atom is -0.495 e. The van der Waals surface area contributed by atoms with Gasteiger partial charge in [0.25, 0.3) is 0 Å². The Labute approximate surface area is 173 Å². The SMILES string of the molecule is COc1ccccc1Nc1nc(N)nc(CN(C)Cc2cc(Cl)cc(Cl)c2)n1. The first-order chi connectivity index (χ1) is 13.4. The third-order valence-electron chi connectivity index (χ3n) is 3.84.